The summed E-state index contributed by atoms with van der Waals surface area (Å²) in [5, 5.41) is 3.48. The second-order valence-electron chi connectivity index (χ2n) is 11.0. The molecule has 0 fully saturated rings. The van der Waals surface area contributed by atoms with Gasteiger partial charge in [-0.25, -0.2) is 8.42 Å². The van der Waals surface area contributed by atoms with Crippen LogP contribution in [0, 0.1) is 6.92 Å². The number of nitrogens with zero attached hydrogens (tertiary/aromatic N) is 2. The van der Waals surface area contributed by atoms with Gasteiger partial charge in [0.25, 0.3) is 10.0 Å². The van der Waals surface area contributed by atoms with Gasteiger partial charge in [0.15, 0.2) is 0 Å². The number of aryl methyl sites for hydroxylation is 1. The number of amides is 2. The lowest BCUT2D eigenvalue weighted by molar-refractivity contribution is -0.140. The van der Waals surface area contributed by atoms with Crippen molar-refractivity contribution in [3.8, 4) is 0 Å². The molecular formula is C35H37BrClN3O4S. The Morgan fingerprint density at radius 2 is 1.49 bits per heavy atom. The fourth-order valence-corrected chi connectivity index (χ4v) is 6.56. The SMILES string of the molecule is CC[C@@H](C)NC(=O)[C@@H](Cc1ccccc1)N(Cc1ccc(Br)cc1)C(=O)CN(c1ccc(Cl)cc1)S(=O)(=O)c1ccc(C)cc1. The lowest BCUT2D eigenvalue weighted by atomic mass is 10.0. The van der Waals surface area contributed by atoms with Gasteiger partial charge in [-0.3, -0.25) is 13.9 Å². The molecule has 1 N–H and O–H groups in total. The molecule has 0 saturated heterocycles. The Bertz CT molecular complexity index is 1680. The summed E-state index contributed by atoms with van der Waals surface area (Å²) >= 11 is 9.60. The highest BCUT2D eigenvalue weighted by atomic mass is 79.9. The van der Waals surface area contributed by atoms with Crippen LogP contribution in [0.3, 0.4) is 0 Å². The summed E-state index contributed by atoms with van der Waals surface area (Å²) in [7, 11) is -4.18. The van der Waals surface area contributed by atoms with Crippen molar-refractivity contribution in [2.75, 3.05) is 10.8 Å². The number of hydrogen-bond acceptors (Lipinski definition) is 4. The molecule has 0 aliphatic heterocycles. The van der Waals surface area contributed by atoms with E-state index in [2.05, 4.69) is 21.2 Å². The van der Waals surface area contributed by atoms with Crippen LogP contribution in [0.1, 0.15) is 37.0 Å². The summed E-state index contributed by atoms with van der Waals surface area (Å²) in [6.45, 7) is 5.32. The summed E-state index contributed by atoms with van der Waals surface area (Å²) < 4.78 is 30.2. The van der Waals surface area contributed by atoms with Gasteiger partial charge in [0.1, 0.15) is 12.6 Å². The lowest BCUT2D eigenvalue weighted by Crippen LogP contribution is -2.54. The molecule has 0 aromatic heterocycles. The molecule has 2 atom stereocenters. The molecule has 0 spiro atoms. The predicted octanol–water partition coefficient (Wildman–Crippen LogP) is 7.16. The monoisotopic (exact) mass is 709 g/mol. The van der Waals surface area contributed by atoms with Crippen molar-refractivity contribution in [3.63, 3.8) is 0 Å². The van der Waals surface area contributed by atoms with E-state index in [0.717, 1.165) is 25.5 Å². The number of sulfonamides is 1. The highest BCUT2D eigenvalue weighted by Gasteiger charge is 2.35. The third-order valence-electron chi connectivity index (χ3n) is 7.54. The van der Waals surface area contributed by atoms with Crippen LogP contribution in [-0.4, -0.2) is 43.8 Å². The largest absolute Gasteiger partial charge is 0.352 e. The van der Waals surface area contributed by atoms with Gasteiger partial charge in [-0.05, 0) is 79.9 Å². The van der Waals surface area contributed by atoms with E-state index in [4.69, 9.17) is 11.6 Å². The first-order chi connectivity index (χ1) is 21.5. The zero-order chi connectivity index (χ0) is 32.6. The Balaban J connectivity index is 1.80. The highest BCUT2D eigenvalue weighted by molar-refractivity contribution is 9.10. The van der Waals surface area contributed by atoms with E-state index in [0.29, 0.717) is 11.4 Å². The smallest absolute Gasteiger partial charge is 0.264 e. The Kier molecular flexibility index (Phi) is 11.8. The van der Waals surface area contributed by atoms with Crippen LogP contribution in [0.5, 0.6) is 0 Å². The van der Waals surface area contributed by atoms with Crippen LogP contribution in [0.2, 0.25) is 5.02 Å². The third-order valence-corrected chi connectivity index (χ3v) is 10.1. The summed E-state index contributed by atoms with van der Waals surface area (Å²) in [6, 6.07) is 28.7. The fourth-order valence-electron chi connectivity index (χ4n) is 4.76. The normalized spacial score (nSPS) is 12.6. The van der Waals surface area contributed by atoms with Crippen molar-refractivity contribution in [3.05, 3.63) is 129 Å². The Labute approximate surface area is 279 Å². The molecule has 0 aliphatic rings. The van der Waals surface area contributed by atoms with Crippen LogP contribution in [0.15, 0.2) is 112 Å². The van der Waals surface area contributed by atoms with E-state index in [-0.39, 0.29) is 35.5 Å². The average molecular weight is 711 g/mol. The first kappa shape index (κ1) is 34.2. The van der Waals surface area contributed by atoms with Crippen molar-refractivity contribution in [2.24, 2.45) is 0 Å². The molecule has 0 heterocycles. The van der Waals surface area contributed by atoms with E-state index in [9.17, 15) is 18.0 Å². The summed E-state index contributed by atoms with van der Waals surface area (Å²) in [5.74, 6) is -0.832. The molecule has 2 amide bonds. The van der Waals surface area contributed by atoms with Crippen LogP contribution in [0.25, 0.3) is 0 Å². The molecule has 4 aromatic rings. The number of nitrogens with one attached hydrogen (secondary N) is 1. The third kappa shape index (κ3) is 9.19. The van der Waals surface area contributed by atoms with Gasteiger partial charge in [-0.15, -0.1) is 0 Å². The summed E-state index contributed by atoms with van der Waals surface area (Å²) in [6.07, 6.45) is 0.959. The molecule has 0 saturated carbocycles. The number of benzene rings is 4. The fraction of sp³-hybridized carbons (Fsp3) is 0.257. The van der Waals surface area contributed by atoms with E-state index in [1.54, 1.807) is 36.4 Å². The quantitative estimate of drug-likeness (QED) is 0.160. The minimum atomic E-state index is -4.18. The summed E-state index contributed by atoms with van der Waals surface area (Å²) in [4.78, 5) is 29.9. The molecule has 45 heavy (non-hydrogen) atoms. The minimum Gasteiger partial charge on any atom is -0.352 e. The first-order valence-electron chi connectivity index (χ1n) is 14.7. The van der Waals surface area contributed by atoms with Gasteiger partial charge in [0, 0.05) is 28.5 Å². The number of carbonyl (C=O) groups is 2. The molecule has 0 radical (unpaired) electrons. The van der Waals surface area contributed by atoms with Crippen LogP contribution >= 0.6 is 27.5 Å². The zero-order valence-electron chi connectivity index (χ0n) is 25.5. The number of halogens is 2. The first-order valence-corrected chi connectivity index (χ1v) is 17.3. The van der Waals surface area contributed by atoms with Gasteiger partial charge >= 0.3 is 0 Å². The molecule has 4 aromatic carbocycles. The average Bonchev–Trinajstić information content (AvgIpc) is 3.03. The number of hydrogen-bond donors (Lipinski definition) is 1. The van der Waals surface area contributed by atoms with E-state index in [1.807, 2.05) is 75.4 Å². The maximum Gasteiger partial charge on any atom is 0.264 e. The number of rotatable bonds is 13. The second-order valence-corrected chi connectivity index (χ2v) is 14.2. The lowest BCUT2D eigenvalue weighted by Gasteiger charge is -2.34. The predicted molar refractivity (Wildman–Crippen MR) is 184 cm³/mol. The minimum absolute atomic E-state index is 0.0469. The molecule has 0 unspecified atom stereocenters. The van der Waals surface area contributed by atoms with Crippen LogP contribution in [0.4, 0.5) is 5.69 Å². The standard InChI is InChI=1S/C35H37BrClN3O4S/c1-4-26(3)38-35(42)33(22-27-8-6-5-7-9-27)39(23-28-12-14-29(36)15-13-28)34(41)24-40(31-18-16-30(37)17-19-31)45(43,44)32-20-10-25(2)11-21-32/h5-21,26,33H,4,22-24H2,1-3H3,(H,38,42)/t26-,33-/m1/s1. The van der Waals surface area contributed by atoms with Crippen LogP contribution < -0.4 is 9.62 Å². The van der Waals surface area contributed by atoms with E-state index < -0.39 is 28.5 Å². The van der Waals surface area contributed by atoms with Gasteiger partial charge in [0.2, 0.25) is 11.8 Å². The Morgan fingerprint density at radius 3 is 2.09 bits per heavy atom. The molecule has 4 rings (SSSR count). The highest BCUT2D eigenvalue weighted by Crippen LogP contribution is 2.27. The molecular weight excluding hydrogens is 674 g/mol. The van der Waals surface area contributed by atoms with Crippen molar-refractivity contribution in [1.29, 1.82) is 0 Å². The van der Waals surface area contributed by atoms with Crippen molar-refractivity contribution < 1.29 is 18.0 Å². The molecule has 0 aliphatic carbocycles. The molecule has 236 valence electrons. The van der Waals surface area contributed by atoms with Crippen molar-refractivity contribution >= 4 is 55.1 Å². The number of anilines is 1. The Hall–Kier alpha value is -3.66. The Morgan fingerprint density at radius 1 is 0.867 bits per heavy atom. The van der Waals surface area contributed by atoms with E-state index >= 15 is 0 Å². The van der Waals surface area contributed by atoms with E-state index in [1.165, 1.54) is 17.0 Å². The van der Waals surface area contributed by atoms with Gasteiger partial charge < -0.3 is 10.2 Å². The molecule has 0 bridgehead atoms. The van der Waals surface area contributed by atoms with Gasteiger partial charge in [-0.1, -0.05) is 94.6 Å². The van der Waals surface area contributed by atoms with Crippen molar-refractivity contribution in [1.82, 2.24) is 10.2 Å². The van der Waals surface area contributed by atoms with Crippen molar-refractivity contribution in [2.45, 2.75) is 57.1 Å². The van der Waals surface area contributed by atoms with Gasteiger partial charge in [-0.2, -0.15) is 0 Å². The molecule has 10 heteroatoms. The van der Waals surface area contributed by atoms with Crippen LogP contribution in [-0.2, 0) is 32.6 Å². The van der Waals surface area contributed by atoms with Gasteiger partial charge in [0.05, 0.1) is 10.6 Å². The maximum absolute atomic E-state index is 14.5. The summed E-state index contributed by atoms with van der Waals surface area (Å²) in [5.41, 5.74) is 2.85. The molecule has 7 nitrogen and oxygen atoms in total. The maximum atomic E-state index is 14.5. The topological polar surface area (TPSA) is 86.8 Å². The number of carbonyl (C=O) groups excluding carboxylic acids is 2. The zero-order valence-corrected chi connectivity index (χ0v) is 28.6. The second kappa shape index (κ2) is 15.6.